The fourth-order valence-corrected chi connectivity index (χ4v) is 3.56. The molecule has 0 saturated carbocycles. The summed E-state index contributed by atoms with van der Waals surface area (Å²) < 4.78 is 0. The van der Waals surface area contributed by atoms with Gasteiger partial charge in [0.15, 0.2) is 0 Å². The molecule has 1 aliphatic rings. The van der Waals surface area contributed by atoms with Crippen molar-refractivity contribution in [3.63, 3.8) is 0 Å². The van der Waals surface area contributed by atoms with E-state index in [1.807, 2.05) is 38.1 Å². The van der Waals surface area contributed by atoms with Gasteiger partial charge in [0, 0.05) is 30.5 Å². The van der Waals surface area contributed by atoms with Crippen LogP contribution in [0.25, 0.3) is 5.57 Å². The average Bonchev–Trinajstić information content (AvgIpc) is 2.75. The molecule has 8 heteroatoms. The lowest BCUT2D eigenvalue weighted by atomic mass is 10.0. The quantitative estimate of drug-likeness (QED) is 0.582. The Morgan fingerprint density at radius 3 is 2.63 bits per heavy atom. The first-order valence-corrected chi connectivity index (χ1v) is 10.1. The molecule has 30 heavy (non-hydrogen) atoms. The number of nitrogens with one attached hydrogen (secondary N) is 1. The number of aliphatic hydroxyl groups is 3. The van der Waals surface area contributed by atoms with Crippen LogP contribution in [0.15, 0.2) is 36.5 Å². The molecule has 0 radical (unpaired) electrons. The molecule has 2 heterocycles. The molecular formula is C22H26ClN3O4. The summed E-state index contributed by atoms with van der Waals surface area (Å²) in [6, 6.07) is 7.19. The standard InChI is InChI=1S/C22H26ClN3O4/c1-13-3-4-17(9-14(13)2)25-22(30)26-7-5-15(6-8-26)20-18(23)10-16(11-24-20)21(29)19(28)12-27/h3-5,9-11,19,21,27-29H,6-8,12H2,1-2H3,(H,25,30)/t19-,21-/m0/s1. The molecule has 2 aromatic rings. The summed E-state index contributed by atoms with van der Waals surface area (Å²) in [6.07, 6.45) is 1.38. The number of pyridine rings is 1. The van der Waals surface area contributed by atoms with Crippen LogP contribution in [0.5, 0.6) is 0 Å². The second kappa shape index (κ2) is 9.57. The first kappa shape index (κ1) is 22.2. The number of aromatic nitrogens is 1. The third kappa shape index (κ3) is 4.99. The Bertz CT molecular complexity index is 963. The molecule has 2 atom stereocenters. The van der Waals surface area contributed by atoms with Crippen LogP contribution in [0.1, 0.15) is 34.9 Å². The van der Waals surface area contributed by atoms with Gasteiger partial charge in [0.2, 0.25) is 0 Å². The van der Waals surface area contributed by atoms with Gasteiger partial charge in [-0.25, -0.2) is 4.79 Å². The normalized spacial score (nSPS) is 16.1. The number of amides is 2. The number of benzene rings is 1. The highest BCUT2D eigenvalue weighted by molar-refractivity contribution is 6.32. The number of urea groups is 1. The van der Waals surface area contributed by atoms with Crippen LogP contribution in [-0.4, -0.2) is 57.0 Å². The number of halogens is 1. The number of hydrogen-bond acceptors (Lipinski definition) is 5. The van der Waals surface area contributed by atoms with E-state index in [4.69, 9.17) is 16.7 Å². The van der Waals surface area contributed by atoms with Gasteiger partial charge in [-0.1, -0.05) is 23.7 Å². The minimum absolute atomic E-state index is 0.163. The van der Waals surface area contributed by atoms with E-state index in [-0.39, 0.29) is 6.03 Å². The van der Waals surface area contributed by atoms with Crippen molar-refractivity contribution in [3.05, 3.63) is 63.9 Å². The molecular weight excluding hydrogens is 406 g/mol. The number of carbonyl (C=O) groups is 1. The maximum absolute atomic E-state index is 12.6. The van der Waals surface area contributed by atoms with Crippen LogP contribution in [0.3, 0.4) is 0 Å². The highest BCUT2D eigenvalue weighted by atomic mass is 35.5. The zero-order valence-electron chi connectivity index (χ0n) is 17.0. The van der Waals surface area contributed by atoms with E-state index in [9.17, 15) is 15.0 Å². The van der Waals surface area contributed by atoms with Crippen LogP contribution >= 0.6 is 11.6 Å². The maximum atomic E-state index is 12.6. The number of carbonyl (C=O) groups excluding carboxylic acids is 1. The van der Waals surface area contributed by atoms with Gasteiger partial charge < -0.3 is 25.5 Å². The number of nitrogens with zero attached hydrogens (tertiary/aromatic N) is 2. The van der Waals surface area contributed by atoms with Gasteiger partial charge in [-0.15, -0.1) is 0 Å². The predicted molar refractivity (Wildman–Crippen MR) is 116 cm³/mol. The Balaban J connectivity index is 1.66. The number of aliphatic hydroxyl groups excluding tert-OH is 3. The van der Waals surface area contributed by atoms with E-state index >= 15 is 0 Å². The van der Waals surface area contributed by atoms with Gasteiger partial charge in [-0.05, 0) is 55.2 Å². The van der Waals surface area contributed by atoms with E-state index < -0.39 is 18.8 Å². The monoisotopic (exact) mass is 431 g/mol. The van der Waals surface area contributed by atoms with Gasteiger partial charge in [0.05, 0.1) is 17.3 Å². The molecule has 0 saturated heterocycles. The smallest absolute Gasteiger partial charge is 0.322 e. The summed E-state index contributed by atoms with van der Waals surface area (Å²) in [7, 11) is 0. The van der Waals surface area contributed by atoms with E-state index in [1.54, 1.807) is 4.90 Å². The molecule has 3 rings (SSSR count). The molecule has 0 bridgehead atoms. The van der Waals surface area contributed by atoms with Gasteiger partial charge >= 0.3 is 6.03 Å². The second-order valence-corrected chi connectivity index (χ2v) is 7.86. The largest absolute Gasteiger partial charge is 0.394 e. The highest BCUT2D eigenvalue weighted by Gasteiger charge is 2.22. The van der Waals surface area contributed by atoms with Crippen LogP contribution < -0.4 is 5.32 Å². The fraction of sp³-hybridized carbons (Fsp3) is 0.364. The van der Waals surface area contributed by atoms with Crippen molar-refractivity contribution in [1.29, 1.82) is 0 Å². The third-order valence-corrected chi connectivity index (χ3v) is 5.60. The van der Waals surface area contributed by atoms with Crippen LogP contribution in [0.4, 0.5) is 10.5 Å². The van der Waals surface area contributed by atoms with E-state index in [2.05, 4.69) is 10.3 Å². The van der Waals surface area contributed by atoms with Crippen molar-refractivity contribution < 1.29 is 20.1 Å². The Labute approximate surface area is 180 Å². The Hall–Kier alpha value is -2.45. The van der Waals surface area contributed by atoms with Crippen molar-refractivity contribution in [2.75, 3.05) is 25.0 Å². The summed E-state index contributed by atoms with van der Waals surface area (Å²) in [5.41, 5.74) is 4.89. The molecule has 0 aliphatic carbocycles. The zero-order valence-corrected chi connectivity index (χ0v) is 17.7. The van der Waals surface area contributed by atoms with Crippen molar-refractivity contribution in [3.8, 4) is 0 Å². The summed E-state index contributed by atoms with van der Waals surface area (Å²) in [5, 5.41) is 31.8. The first-order valence-electron chi connectivity index (χ1n) is 9.75. The fourth-order valence-electron chi connectivity index (χ4n) is 3.26. The molecule has 4 N–H and O–H groups in total. The van der Waals surface area contributed by atoms with E-state index in [1.165, 1.54) is 17.8 Å². The third-order valence-electron chi connectivity index (χ3n) is 5.31. The zero-order chi connectivity index (χ0) is 21.8. The maximum Gasteiger partial charge on any atom is 0.322 e. The lowest BCUT2D eigenvalue weighted by Gasteiger charge is -2.27. The molecule has 0 fully saturated rings. The lowest BCUT2D eigenvalue weighted by Crippen LogP contribution is -2.38. The van der Waals surface area contributed by atoms with Crippen molar-refractivity contribution in [2.45, 2.75) is 32.5 Å². The average molecular weight is 432 g/mol. The summed E-state index contributed by atoms with van der Waals surface area (Å²) in [6.45, 7) is 4.42. The summed E-state index contributed by atoms with van der Waals surface area (Å²) in [5.74, 6) is 0. The Kier molecular flexibility index (Phi) is 7.10. The summed E-state index contributed by atoms with van der Waals surface area (Å²) in [4.78, 5) is 18.6. The molecule has 0 spiro atoms. The van der Waals surface area contributed by atoms with Gasteiger partial charge in [-0.3, -0.25) is 4.98 Å². The number of hydrogen-bond donors (Lipinski definition) is 4. The van der Waals surface area contributed by atoms with E-state index in [0.717, 1.165) is 16.8 Å². The topological polar surface area (TPSA) is 106 Å². The highest BCUT2D eigenvalue weighted by Crippen LogP contribution is 2.29. The van der Waals surface area contributed by atoms with Crippen LogP contribution in [0, 0.1) is 13.8 Å². The Morgan fingerprint density at radius 1 is 1.27 bits per heavy atom. The first-order chi connectivity index (χ1) is 14.3. The minimum atomic E-state index is -1.30. The second-order valence-electron chi connectivity index (χ2n) is 7.45. The SMILES string of the molecule is Cc1ccc(NC(=O)N2CC=C(c3ncc([C@H](O)[C@@H](O)CO)cc3Cl)CC2)cc1C. The number of anilines is 1. The molecule has 1 aliphatic heterocycles. The molecule has 160 valence electrons. The van der Waals surface area contributed by atoms with Crippen molar-refractivity contribution in [1.82, 2.24) is 9.88 Å². The number of aryl methyl sites for hydroxylation is 2. The van der Waals surface area contributed by atoms with Crippen LogP contribution in [-0.2, 0) is 0 Å². The molecule has 1 aromatic carbocycles. The van der Waals surface area contributed by atoms with Crippen molar-refractivity contribution >= 4 is 28.9 Å². The summed E-state index contributed by atoms with van der Waals surface area (Å²) >= 11 is 6.34. The predicted octanol–water partition coefficient (Wildman–Crippen LogP) is 3.06. The van der Waals surface area contributed by atoms with Gasteiger partial charge in [0.1, 0.15) is 12.2 Å². The minimum Gasteiger partial charge on any atom is -0.394 e. The molecule has 2 amide bonds. The molecule has 1 aromatic heterocycles. The van der Waals surface area contributed by atoms with Gasteiger partial charge in [0.25, 0.3) is 0 Å². The van der Waals surface area contributed by atoms with E-state index in [0.29, 0.717) is 35.8 Å². The molecule has 0 unspecified atom stereocenters. The lowest BCUT2D eigenvalue weighted by molar-refractivity contribution is -0.0154. The molecule has 7 nitrogen and oxygen atoms in total. The number of rotatable bonds is 5. The van der Waals surface area contributed by atoms with Crippen LogP contribution in [0.2, 0.25) is 5.02 Å². The Morgan fingerprint density at radius 2 is 2.03 bits per heavy atom. The van der Waals surface area contributed by atoms with Gasteiger partial charge in [-0.2, -0.15) is 0 Å². The van der Waals surface area contributed by atoms with Crippen molar-refractivity contribution in [2.24, 2.45) is 0 Å².